The molecule has 0 radical (unpaired) electrons. The Labute approximate surface area is 212 Å². The fourth-order valence-electron chi connectivity index (χ4n) is 6.26. The topological polar surface area (TPSA) is 21.3 Å². The molecule has 0 amide bonds. The molecule has 0 saturated heterocycles. The third-order valence-electron chi connectivity index (χ3n) is 7.96. The lowest BCUT2D eigenvalue weighted by atomic mass is 9.75. The molecule has 1 aliphatic heterocycles. The van der Waals surface area contributed by atoms with Crippen LogP contribution >= 0.6 is 0 Å². The number of allylic oxidation sites excluding steroid dienone is 2. The number of ether oxygens (including phenoxy) is 1. The third-order valence-corrected chi connectivity index (χ3v) is 7.96. The van der Waals surface area contributed by atoms with Crippen molar-refractivity contribution in [3.05, 3.63) is 132 Å². The summed E-state index contributed by atoms with van der Waals surface area (Å²) in [7, 11) is 0. The molecule has 1 N–H and O–H groups in total. The molecule has 0 fully saturated rings. The molecule has 2 heteroatoms. The van der Waals surface area contributed by atoms with Crippen molar-refractivity contribution in [2.24, 2.45) is 5.92 Å². The van der Waals surface area contributed by atoms with Gasteiger partial charge in [0.15, 0.2) is 0 Å². The number of benzene rings is 5. The maximum absolute atomic E-state index is 6.20. The summed E-state index contributed by atoms with van der Waals surface area (Å²) in [5, 5.41) is 9.30. The first-order valence-corrected chi connectivity index (χ1v) is 13.0. The van der Waals surface area contributed by atoms with E-state index in [1.807, 2.05) is 0 Å². The standard InChI is InChI=1S/C34H29NO/c1-2-9-23(10-3-1)19-20-36-26-17-18-32-31(22-26)29-15-8-16-30(29)34(35-32)33-27-13-6-4-11-24(27)21-25-12-5-7-14-28(25)33/h1-15,17-18,21-22,29-30,34-35H,16,19-20H2. The summed E-state index contributed by atoms with van der Waals surface area (Å²) in [6, 6.07) is 37.4. The van der Waals surface area contributed by atoms with Gasteiger partial charge in [-0.05, 0) is 74.8 Å². The van der Waals surface area contributed by atoms with E-state index in [1.54, 1.807) is 0 Å². The van der Waals surface area contributed by atoms with Crippen LogP contribution in [0.5, 0.6) is 5.75 Å². The Morgan fingerprint density at radius 2 is 1.47 bits per heavy atom. The number of hydrogen-bond donors (Lipinski definition) is 1. The van der Waals surface area contributed by atoms with Gasteiger partial charge in [-0.15, -0.1) is 0 Å². The van der Waals surface area contributed by atoms with Crippen molar-refractivity contribution in [1.82, 2.24) is 0 Å². The average molecular weight is 468 g/mol. The first-order valence-electron chi connectivity index (χ1n) is 13.0. The predicted octanol–water partition coefficient (Wildman–Crippen LogP) is 8.44. The van der Waals surface area contributed by atoms with Gasteiger partial charge < -0.3 is 10.1 Å². The summed E-state index contributed by atoms with van der Waals surface area (Å²) in [6.45, 7) is 0.685. The lowest BCUT2D eigenvalue weighted by Gasteiger charge is -2.38. The minimum atomic E-state index is 0.248. The highest BCUT2D eigenvalue weighted by molar-refractivity contribution is 6.03. The molecule has 2 nitrogen and oxygen atoms in total. The minimum absolute atomic E-state index is 0.248. The molecule has 1 aliphatic carbocycles. The quantitative estimate of drug-likeness (QED) is 0.207. The Morgan fingerprint density at radius 3 is 2.25 bits per heavy atom. The third kappa shape index (κ3) is 3.65. The van der Waals surface area contributed by atoms with Crippen molar-refractivity contribution >= 4 is 27.2 Å². The molecule has 5 aromatic rings. The number of anilines is 1. The molecule has 0 aromatic heterocycles. The summed E-state index contributed by atoms with van der Waals surface area (Å²) in [4.78, 5) is 0. The van der Waals surface area contributed by atoms with E-state index in [2.05, 4.69) is 121 Å². The normalized spacial score (nSPS) is 20.2. The van der Waals surface area contributed by atoms with E-state index in [0.29, 0.717) is 18.4 Å². The van der Waals surface area contributed by atoms with E-state index in [-0.39, 0.29) is 6.04 Å². The van der Waals surface area contributed by atoms with E-state index < -0.39 is 0 Å². The van der Waals surface area contributed by atoms with Crippen LogP contribution in [0.3, 0.4) is 0 Å². The van der Waals surface area contributed by atoms with E-state index in [0.717, 1.165) is 18.6 Å². The van der Waals surface area contributed by atoms with Gasteiger partial charge in [-0.2, -0.15) is 0 Å². The van der Waals surface area contributed by atoms with Crippen LogP contribution in [0.2, 0.25) is 0 Å². The molecule has 2 aliphatic rings. The number of hydrogen-bond acceptors (Lipinski definition) is 2. The fraction of sp³-hybridized carbons (Fsp3) is 0.176. The summed E-state index contributed by atoms with van der Waals surface area (Å²) < 4.78 is 6.20. The van der Waals surface area contributed by atoms with E-state index >= 15 is 0 Å². The first-order chi connectivity index (χ1) is 17.8. The molecule has 3 atom stereocenters. The van der Waals surface area contributed by atoms with E-state index in [4.69, 9.17) is 4.74 Å². The summed E-state index contributed by atoms with van der Waals surface area (Å²) in [5.74, 6) is 1.83. The maximum atomic E-state index is 6.20. The Bertz CT molecular complexity index is 1530. The van der Waals surface area contributed by atoms with Crippen LogP contribution in [-0.2, 0) is 6.42 Å². The molecule has 1 heterocycles. The first kappa shape index (κ1) is 21.3. The second-order valence-electron chi connectivity index (χ2n) is 10.0. The Balaban J connectivity index is 1.25. The van der Waals surface area contributed by atoms with Crippen molar-refractivity contribution in [2.75, 3.05) is 11.9 Å². The Kier molecular flexibility index (Phi) is 5.24. The summed E-state index contributed by atoms with van der Waals surface area (Å²) in [5.41, 5.74) is 5.31. The zero-order valence-corrected chi connectivity index (χ0v) is 20.2. The smallest absolute Gasteiger partial charge is 0.119 e. The van der Waals surface area contributed by atoms with Crippen LogP contribution in [0.1, 0.15) is 35.1 Å². The summed E-state index contributed by atoms with van der Waals surface area (Å²) in [6.07, 6.45) is 6.78. The van der Waals surface area contributed by atoms with Gasteiger partial charge in [0.2, 0.25) is 0 Å². The van der Waals surface area contributed by atoms with Crippen LogP contribution in [0.25, 0.3) is 21.5 Å². The predicted molar refractivity (Wildman–Crippen MR) is 150 cm³/mol. The molecule has 5 aromatic carbocycles. The highest BCUT2D eigenvalue weighted by Crippen LogP contribution is 2.52. The van der Waals surface area contributed by atoms with Crippen LogP contribution in [0, 0.1) is 5.92 Å². The van der Waals surface area contributed by atoms with Gasteiger partial charge in [0.1, 0.15) is 5.75 Å². The second-order valence-corrected chi connectivity index (χ2v) is 10.0. The largest absolute Gasteiger partial charge is 0.493 e. The lowest BCUT2D eigenvalue weighted by Crippen LogP contribution is -2.29. The van der Waals surface area contributed by atoms with Gasteiger partial charge in [-0.3, -0.25) is 0 Å². The fourth-order valence-corrected chi connectivity index (χ4v) is 6.26. The van der Waals surface area contributed by atoms with E-state index in [1.165, 1.54) is 43.9 Å². The Morgan fingerprint density at radius 1 is 0.750 bits per heavy atom. The van der Waals surface area contributed by atoms with Gasteiger partial charge >= 0.3 is 0 Å². The van der Waals surface area contributed by atoms with Gasteiger partial charge in [-0.25, -0.2) is 0 Å². The van der Waals surface area contributed by atoms with Crippen molar-refractivity contribution in [2.45, 2.75) is 24.8 Å². The Hall–Kier alpha value is -4.04. The molecular weight excluding hydrogens is 438 g/mol. The maximum Gasteiger partial charge on any atom is 0.119 e. The zero-order valence-electron chi connectivity index (χ0n) is 20.2. The summed E-state index contributed by atoms with van der Waals surface area (Å²) >= 11 is 0. The van der Waals surface area contributed by atoms with E-state index in [9.17, 15) is 0 Å². The second kappa shape index (κ2) is 8.87. The molecule has 0 bridgehead atoms. The molecule has 0 spiro atoms. The number of nitrogens with one attached hydrogen (secondary N) is 1. The molecule has 0 saturated carbocycles. The molecule has 3 unspecified atom stereocenters. The average Bonchev–Trinajstić information content (AvgIpc) is 3.43. The van der Waals surface area contributed by atoms with Crippen LogP contribution in [-0.4, -0.2) is 6.61 Å². The van der Waals surface area contributed by atoms with Crippen molar-refractivity contribution < 1.29 is 4.74 Å². The monoisotopic (exact) mass is 467 g/mol. The zero-order chi connectivity index (χ0) is 23.9. The van der Waals surface area contributed by atoms with Crippen LogP contribution < -0.4 is 10.1 Å². The molecule has 36 heavy (non-hydrogen) atoms. The van der Waals surface area contributed by atoms with Crippen molar-refractivity contribution in [3.63, 3.8) is 0 Å². The molecular formula is C34H29NO. The van der Waals surface area contributed by atoms with Gasteiger partial charge in [0, 0.05) is 18.0 Å². The molecule has 176 valence electrons. The van der Waals surface area contributed by atoms with Crippen molar-refractivity contribution in [3.8, 4) is 5.75 Å². The molecule has 7 rings (SSSR count). The lowest BCUT2D eigenvalue weighted by molar-refractivity contribution is 0.320. The SMILES string of the molecule is C1=CC2c3cc(OCCc4ccccc4)ccc3NC(c3c4ccccc4cc4ccccc34)C2C1. The highest BCUT2D eigenvalue weighted by Gasteiger charge is 2.39. The van der Waals surface area contributed by atoms with Gasteiger partial charge in [0.25, 0.3) is 0 Å². The minimum Gasteiger partial charge on any atom is -0.493 e. The number of fused-ring (bicyclic) bond motifs is 5. The van der Waals surface area contributed by atoms with Gasteiger partial charge in [0.05, 0.1) is 12.6 Å². The van der Waals surface area contributed by atoms with Crippen LogP contribution in [0.15, 0.2) is 115 Å². The van der Waals surface area contributed by atoms with Crippen molar-refractivity contribution in [1.29, 1.82) is 0 Å². The highest BCUT2D eigenvalue weighted by atomic mass is 16.5. The van der Waals surface area contributed by atoms with Gasteiger partial charge in [-0.1, -0.05) is 91.0 Å². The number of rotatable bonds is 5. The van der Waals surface area contributed by atoms with Crippen LogP contribution in [0.4, 0.5) is 5.69 Å².